The van der Waals surface area contributed by atoms with Gasteiger partial charge in [0.2, 0.25) is 0 Å². The molecule has 1 amide bonds. The summed E-state index contributed by atoms with van der Waals surface area (Å²) in [6, 6.07) is 10.1. The van der Waals surface area contributed by atoms with Gasteiger partial charge >= 0.3 is 12.1 Å². The quantitative estimate of drug-likeness (QED) is 0.724. The van der Waals surface area contributed by atoms with E-state index >= 15 is 0 Å². The molecular weight excluding hydrogens is 396 g/mol. The van der Waals surface area contributed by atoms with Gasteiger partial charge in [0.1, 0.15) is 17.4 Å². The molecule has 0 aliphatic carbocycles. The normalized spacial score (nSPS) is 16.5. The van der Waals surface area contributed by atoms with Gasteiger partial charge in [0.25, 0.3) is 0 Å². The van der Waals surface area contributed by atoms with Gasteiger partial charge < -0.3 is 19.7 Å². The Morgan fingerprint density at radius 1 is 1.19 bits per heavy atom. The van der Waals surface area contributed by atoms with Crippen molar-refractivity contribution in [2.24, 2.45) is 0 Å². The highest BCUT2D eigenvalue weighted by Crippen LogP contribution is 2.29. The molecule has 1 aromatic carbocycles. The van der Waals surface area contributed by atoms with Gasteiger partial charge in [0.05, 0.1) is 5.69 Å². The first-order valence-electron chi connectivity index (χ1n) is 10.4. The average Bonchev–Trinajstić information content (AvgIpc) is 2.70. The number of ether oxygens (including phenoxy) is 2. The number of nitrogens with zero attached hydrogens (tertiary/aromatic N) is 2. The fourth-order valence-electron chi connectivity index (χ4n) is 3.27. The number of aryl methyl sites for hydroxylation is 2. The number of hydrogen-bond donors (Lipinski definition) is 2. The van der Waals surface area contributed by atoms with E-state index in [1.165, 1.54) is 0 Å². The Morgan fingerprint density at radius 3 is 2.58 bits per heavy atom. The second kappa shape index (κ2) is 9.34. The minimum absolute atomic E-state index is 0.336. The fraction of sp³-hybridized carbons (Fsp3) is 0.435. The van der Waals surface area contributed by atoms with Gasteiger partial charge in [-0.05, 0) is 58.4 Å². The van der Waals surface area contributed by atoms with Gasteiger partial charge in [-0.25, -0.2) is 14.6 Å². The lowest BCUT2D eigenvalue weighted by Gasteiger charge is -2.37. The number of anilines is 2. The number of nitrogens with one attached hydrogen (secondary N) is 2. The summed E-state index contributed by atoms with van der Waals surface area (Å²) in [6.07, 6.45) is -0.624. The number of benzene rings is 1. The summed E-state index contributed by atoms with van der Waals surface area (Å²) in [5.74, 6) is 0.621. The van der Waals surface area contributed by atoms with Crippen molar-refractivity contribution >= 4 is 23.6 Å². The van der Waals surface area contributed by atoms with E-state index in [4.69, 9.17) is 14.5 Å². The van der Waals surface area contributed by atoms with Crippen LogP contribution in [0, 0.1) is 13.8 Å². The molecule has 8 nitrogen and oxygen atoms in total. The molecule has 1 atom stereocenters. The first kappa shape index (κ1) is 22.6. The van der Waals surface area contributed by atoms with Gasteiger partial charge in [0, 0.05) is 25.3 Å². The third kappa shape index (κ3) is 5.95. The summed E-state index contributed by atoms with van der Waals surface area (Å²) in [5, 5.41) is 6.03. The lowest BCUT2D eigenvalue weighted by molar-refractivity contribution is -0.156. The summed E-state index contributed by atoms with van der Waals surface area (Å²) in [4.78, 5) is 32.0. The van der Waals surface area contributed by atoms with E-state index in [2.05, 4.69) is 10.6 Å². The van der Waals surface area contributed by atoms with Crippen molar-refractivity contribution in [1.29, 1.82) is 0 Å². The molecule has 0 saturated carbocycles. The predicted octanol–water partition coefficient (Wildman–Crippen LogP) is 3.43. The minimum Gasteiger partial charge on any atom is -0.458 e. The van der Waals surface area contributed by atoms with E-state index < -0.39 is 17.7 Å². The first-order valence-corrected chi connectivity index (χ1v) is 10.4. The van der Waals surface area contributed by atoms with Crippen LogP contribution in [-0.2, 0) is 9.53 Å². The van der Waals surface area contributed by atoms with Gasteiger partial charge in [0.15, 0.2) is 5.82 Å². The highest BCUT2D eigenvalue weighted by atomic mass is 16.6. The van der Waals surface area contributed by atoms with Gasteiger partial charge in [-0.3, -0.25) is 5.32 Å². The molecule has 1 aliphatic heterocycles. The summed E-state index contributed by atoms with van der Waals surface area (Å²) >= 11 is 0. The van der Waals surface area contributed by atoms with Gasteiger partial charge in [-0.15, -0.1) is 0 Å². The van der Waals surface area contributed by atoms with Gasteiger partial charge in [-0.1, -0.05) is 18.2 Å². The van der Waals surface area contributed by atoms with Crippen LogP contribution in [0.15, 0.2) is 36.4 Å². The summed E-state index contributed by atoms with van der Waals surface area (Å²) in [6.45, 7) is 11.0. The van der Waals surface area contributed by atoms with Crippen molar-refractivity contribution in [3.63, 3.8) is 0 Å². The number of aromatic nitrogens is 1. The highest BCUT2D eigenvalue weighted by Gasteiger charge is 2.34. The van der Waals surface area contributed by atoms with Crippen molar-refractivity contribution in [2.45, 2.75) is 46.3 Å². The predicted molar refractivity (Wildman–Crippen MR) is 120 cm³/mol. The zero-order valence-corrected chi connectivity index (χ0v) is 18.7. The zero-order chi connectivity index (χ0) is 22.6. The lowest BCUT2D eigenvalue weighted by atomic mass is 10.1. The number of carbonyl (C=O) groups is 2. The van der Waals surface area contributed by atoms with E-state index in [9.17, 15) is 9.59 Å². The fourth-order valence-corrected chi connectivity index (χ4v) is 3.27. The van der Waals surface area contributed by atoms with Crippen LogP contribution in [0.4, 0.5) is 16.3 Å². The maximum atomic E-state index is 12.9. The molecule has 1 aromatic heterocycles. The number of para-hydroxylation sites is 1. The number of hydrogen-bond acceptors (Lipinski definition) is 7. The monoisotopic (exact) mass is 426 g/mol. The first-order chi connectivity index (χ1) is 14.6. The Balaban J connectivity index is 1.89. The number of amides is 1. The van der Waals surface area contributed by atoms with Gasteiger partial charge in [-0.2, -0.15) is 0 Å². The molecule has 8 heteroatoms. The Hall–Kier alpha value is -3.13. The summed E-state index contributed by atoms with van der Waals surface area (Å²) in [7, 11) is 0. The summed E-state index contributed by atoms with van der Waals surface area (Å²) in [5.41, 5.74) is 1.62. The molecule has 0 bridgehead atoms. The van der Waals surface area contributed by atoms with Crippen molar-refractivity contribution in [2.75, 3.05) is 29.9 Å². The molecule has 2 N–H and O–H groups in total. The highest BCUT2D eigenvalue weighted by molar-refractivity contribution is 5.91. The Morgan fingerprint density at radius 2 is 1.90 bits per heavy atom. The molecule has 1 unspecified atom stereocenters. The molecule has 31 heavy (non-hydrogen) atoms. The van der Waals surface area contributed by atoms with Crippen LogP contribution >= 0.6 is 0 Å². The van der Waals surface area contributed by atoms with Crippen molar-refractivity contribution in [3.05, 3.63) is 47.7 Å². The Bertz CT molecular complexity index is 941. The van der Waals surface area contributed by atoms with Crippen molar-refractivity contribution in [3.8, 4) is 5.75 Å². The lowest BCUT2D eigenvalue weighted by Crippen LogP contribution is -2.57. The maximum Gasteiger partial charge on any atom is 0.417 e. The van der Waals surface area contributed by atoms with E-state index in [1.54, 1.807) is 24.3 Å². The molecule has 1 fully saturated rings. The number of pyridine rings is 1. The third-order valence-corrected chi connectivity index (χ3v) is 4.83. The minimum atomic E-state index is -0.624. The largest absolute Gasteiger partial charge is 0.458 e. The molecule has 166 valence electrons. The molecule has 2 heterocycles. The van der Waals surface area contributed by atoms with E-state index in [1.807, 2.05) is 51.7 Å². The number of carbonyl (C=O) groups excluding carboxylic acids is 2. The SMILES string of the molecule is Cc1cc(NC(=O)Oc2ccccc2)c(N2CCNCC2C(=O)OC(C)(C)C)nc1C. The van der Waals surface area contributed by atoms with Crippen molar-refractivity contribution in [1.82, 2.24) is 10.3 Å². The summed E-state index contributed by atoms with van der Waals surface area (Å²) < 4.78 is 11.0. The van der Waals surface area contributed by atoms with Crippen LogP contribution in [0.2, 0.25) is 0 Å². The van der Waals surface area contributed by atoms with E-state index in [0.29, 0.717) is 36.9 Å². The second-order valence-corrected chi connectivity index (χ2v) is 8.54. The number of piperazine rings is 1. The van der Waals surface area contributed by atoms with Crippen LogP contribution in [0.1, 0.15) is 32.0 Å². The number of esters is 1. The Labute approximate surface area is 182 Å². The average molecular weight is 427 g/mol. The Kier molecular flexibility index (Phi) is 6.80. The molecule has 1 aliphatic rings. The van der Waals surface area contributed by atoms with E-state index in [0.717, 1.165) is 11.3 Å². The van der Waals surface area contributed by atoms with Crippen molar-refractivity contribution < 1.29 is 19.1 Å². The van der Waals surface area contributed by atoms with Crippen LogP contribution in [0.25, 0.3) is 0 Å². The maximum absolute atomic E-state index is 12.9. The molecule has 1 saturated heterocycles. The molecule has 3 rings (SSSR count). The van der Waals surface area contributed by atoms with E-state index in [-0.39, 0.29) is 5.97 Å². The molecule has 0 radical (unpaired) electrons. The second-order valence-electron chi connectivity index (χ2n) is 8.54. The molecule has 0 spiro atoms. The molecular formula is C23H30N4O4. The van der Waals surface area contributed by atoms with Crippen LogP contribution < -0.4 is 20.3 Å². The molecule has 2 aromatic rings. The standard InChI is InChI=1S/C23H30N4O4/c1-15-13-18(26-22(29)30-17-9-7-6-8-10-17)20(25-16(15)2)27-12-11-24-14-19(27)21(28)31-23(3,4)5/h6-10,13,19,24H,11-12,14H2,1-5H3,(H,26,29). The van der Waals surface area contributed by atoms with Crippen LogP contribution in [0.5, 0.6) is 5.75 Å². The van der Waals surface area contributed by atoms with Crippen LogP contribution in [-0.4, -0.2) is 48.3 Å². The topological polar surface area (TPSA) is 92.8 Å². The zero-order valence-electron chi connectivity index (χ0n) is 18.7. The number of rotatable bonds is 4. The van der Waals surface area contributed by atoms with Crippen LogP contribution in [0.3, 0.4) is 0 Å². The third-order valence-electron chi connectivity index (χ3n) is 4.83. The smallest absolute Gasteiger partial charge is 0.417 e.